The molecule has 0 spiro atoms. The monoisotopic (exact) mass is 371 g/mol. The van der Waals surface area contributed by atoms with Crippen LogP contribution in [0.2, 0.25) is 0 Å². The smallest absolute Gasteiger partial charge is 0.310 e. The van der Waals surface area contributed by atoms with Gasteiger partial charge in [0.05, 0.1) is 12.2 Å². The maximum atomic E-state index is 12.6. The molecule has 4 nitrogen and oxygen atoms in total. The molecule has 3 aliphatic rings. The summed E-state index contributed by atoms with van der Waals surface area (Å²) < 4.78 is 11.3. The highest BCUT2D eigenvalue weighted by atomic mass is 16.6. The number of hydrogen-bond donors (Lipinski definition) is 1. The van der Waals surface area contributed by atoms with E-state index in [2.05, 4.69) is 25.7 Å². The maximum Gasteiger partial charge on any atom is 0.310 e. The number of carbonyl (C=O) groups is 1. The van der Waals surface area contributed by atoms with Crippen LogP contribution in [0.25, 0.3) is 0 Å². The van der Waals surface area contributed by atoms with Crippen molar-refractivity contribution in [3.05, 3.63) is 36.3 Å². The lowest BCUT2D eigenvalue weighted by Gasteiger charge is -2.50. The number of ether oxygens (including phenoxy) is 1. The highest BCUT2D eigenvalue weighted by Crippen LogP contribution is 2.56. The molecule has 1 aromatic rings. The van der Waals surface area contributed by atoms with Gasteiger partial charge in [-0.3, -0.25) is 4.79 Å². The summed E-state index contributed by atoms with van der Waals surface area (Å²) in [7, 11) is 0. The topological polar surface area (TPSA) is 51.5 Å². The zero-order chi connectivity index (χ0) is 19.0. The summed E-state index contributed by atoms with van der Waals surface area (Å²) in [4.78, 5) is 12.6. The average molecular weight is 372 g/mol. The third-order valence-electron chi connectivity index (χ3n) is 7.41. The lowest BCUT2D eigenvalue weighted by molar-refractivity contribution is -0.146. The fourth-order valence-corrected chi connectivity index (χ4v) is 5.73. The van der Waals surface area contributed by atoms with Crippen molar-refractivity contribution in [1.82, 2.24) is 5.32 Å². The zero-order valence-electron chi connectivity index (χ0n) is 16.7. The molecule has 27 heavy (non-hydrogen) atoms. The van der Waals surface area contributed by atoms with Gasteiger partial charge >= 0.3 is 5.97 Å². The van der Waals surface area contributed by atoms with Crippen LogP contribution in [0, 0.1) is 23.2 Å². The largest absolute Gasteiger partial charge is 0.469 e. The van der Waals surface area contributed by atoms with Gasteiger partial charge in [0.15, 0.2) is 0 Å². The lowest BCUT2D eigenvalue weighted by Crippen LogP contribution is -2.45. The molecule has 1 N–H and O–H groups in total. The Kier molecular flexibility index (Phi) is 5.19. The maximum absolute atomic E-state index is 12.6. The van der Waals surface area contributed by atoms with E-state index in [1.54, 1.807) is 6.26 Å². The SMILES string of the molecule is C=C1CCC[C@]2(C)C[C@H]3OC(=O)[C@H](CN[C@@H](C)CCc4ccco4)[C@@H]3C[C@H]12. The molecule has 4 heteroatoms. The normalized spacial score (nSPS) is 36.8. The van der Waals surface area contributed by atoms with Crippen LogP contribution in [0.15, 0.2) is 35.0 Å². The molecule has 0 aromatic carbocycles. The molecule has 1 aromatic heterocycles. The number of furan rings is 1. The van der Waals surface area contributed by atoms with Crippen LogP contribution in [-0.2, 0) is 16.0 Å². The molecule has 1 aliphatic heterocycles. The van der Waals surface area contributed by atoms with Gasteiger partial charge in [-0.15, -0.1) is 0 Å². The van der Waals surface area contributed by atoms with E-state index < -0.39 is 0 Å². The Bertz CT molecular complexity index is 682. The summed E-state index contributed by atoms with van der Waals surface area (Å²) in [6.07, 6.45) is 9.45. The lowest BCUT2D eigenvalue weighted by atomic mass is 9.55. The van der Waals surface area contributed by atoms with Gasteiger partial charge in [-0.1, -0.05) is 19.1 Å². The van der Waals surface area contributed by atoms with Crippen LogP contribution < -0.4 is 5.32 Å². The van der Waals surface area contributed by atoms with Gasteiger partial charge in [0.2, 0.25) is 0 Å². The van der Waals surface area contributed by atoms with Crippen molar-refractivity contribution in [1.29, 1.82) is 0 Å². The third-order valence-corrected chi connectivity index (χ3v) is 7.41. The van der Waals surface area contributed by atoms with Gasteiger partial charge in [-0.05, 0) is 68.9 Å². The highest BCUT2D eigenvalue weighted by molar-refractivity contribution is 5.75. The minimum absolute atomic E-state index is 0.00333. The van der Waals surface area contributed by atoms with Gasteiger partial charge in [-0.25, -0.2) is 0 Å². The first kappa shape index (κ1) is 18.8. The van der Waals surface area contributed by atoms with Crippen molar-refractivity contribution < 1.29 is 13.9 Å². The molecule has 0 radical (unpaired) electrons. The van der Waals surface area contributed by atoms with Crippen LogP contribution in [0.5, 0.6) is 0 Å². The molecule has 2 saturated carbocycles. The Morgan fingerprint density at radius 1 is 1.44 bits per heavy atom. The Morgan fingerprint density at radius 3 is 3.07 bits per heavy atom. The van der Waals surface area contributed by atoms with Gasteiger partial charge in [0.25, 0.3) is 0 Å². The predicted octanol–water partition coefficient (Wildman–Crippen LogP) is 4.50. The van der Waals surface area contributed by atoms with Crippen molar-refractivity contribution in [3.8, 4) is 0 Å². The summed E-state index contributed by atoms with van der Waals surface area (Å²) in [5.41, 5.74) is 1.68. The summed E-state index contributed by atoms with van der Waals surface area (Å²) in [5, 5.41) is 3.58. The minimum Gasteiger partial charge on any atom is -0.469 e. The van der Waals surface area contributed by atoms with E-state index in [1.807, 2.05) is 12.1 Å². The van der Waals surface area contributed by atoms with Crippen LogP contribution in [0.4, 0.5) is 0 Å². The van der Waals surface area contributed by atoms with E-state index in [4.69, 9.17) is 9.15 Å². The van der Waals surface area contributed by atoms with Crippen molar-refractivity contribution in [2.75, 3.05) is 6.54 Å². The van der Waals surface area contributed by atoms with Crippen molar-refractivity contribution in [3.63, 3.8) is 0 Å². The summed E-state index contributed by atoms with van der Waals surface area (Å²) in [5.74, 6) is 1.91. The Hall–Kier alpha value is -1.55. The van der Waals surface area contributed by atoms with Gasteiger partial charge < -0.3 is 14.5 Å². The zero-order valence-corrected chi connectivity index (χ0v) is 16.7. The molecular weight excluding hydrogens is 338 g/mol. The molecule has 148 valence electrons. The third kappa shape index (κ3) is 3.73. The van der Waals surface area contributed by atoms with Crippen molar-refractivity contribution in [2.45, 2.75) is 70.9 Å². The fourth-order valence-electron chi connectivity index (χ4n) is 5.73. The molecule has 0 amide bonds. The van der Waals surface area contributed by atoms with Crippen LogP contribution >= 0.6 is 0 Å². The molecular formula is C23H33NO3. The molecule has 2 aliphatic carbocycles. The first-order valence-electron chi connectivity index (χ1n) is 10.6. The molecule has 6 atom stereocenters. The van der Waals surface area contributed by atoms with Crippen molar-refractivity contribution in [2.24, 2.45) is 23.2 Å². The molecule has 0 unspecified atom stereocenters. The predicted molar refractivity (Wildman–Crippen MR) is 105 cm³/mol. The molecule has 2 heterocycles. The molecule has 4 rings (SSSR count). The number of hydrogen-bond acceptors (Lipinski definition) is 4. The molecule has 3 fully saturated rings. The number of fused-ring (bicyclic) bond motifs is 2. The van der Waals surface area contributed by atoms with Gasteiger partial charge in [-0.2, -0.15) is 0 Å². The number of esters is 1. The Morgan fingerprint density at radius 2 is 2.30 bits per heavy atom. The second-order valence-electron chi connectivity index (χ2n) is 9.33. The summed E-state index contributed by atoms with van der Waals surface area (Å²) in [6.45, 7) is 9.66. The number of allylic oxidation sites excluding steroid dienone is 1. The standard InChI is InChI=1S/C23H33NO3/c1-15-6-4-10-23(3)13-21-18(12-20(15)23)19(22(25)27-21)14-24-16(2)8-9-17-7-5-11-26-17/h5,7,11,16,18-21,24H,1,4,6,8-10,12-14H2,2-3H3/t16-,18-,19+,20+,21+,23+/m0/s1. The van der Waals surface area contributed by atoms with E-state index in [0.717, 1.165) is 44.4 Å². The summed E-state index contributed by atoms with van der Waals surface area (Å²) in [6, 6.07) is 4.29. The van der Waals surface area contributed by atoms with E-state index in [9.17, 15) is 4.79 Å². The Labute approximate surface area is 162 Å². The van der Waals surface area contributed by atoms with E-state index >= 15 is 0 Å². The van der Waals surface area contributed by atoms with Crippen molar-refractivity contribution >= 4 is 5.97 Å². The van der Waals surface area contributed by atoms with Crippen LogP contribution in [0.3, 0.4) is 0 Å². The first-order valence-corrected chi connectivity index (χ1v) is 10.6. The van der Waals surface area contributed by atoms with Gasteiger partial charge in [0.1, 0.15) is 11.9 Å². The van der Waals surface area contributed by atoms with Gasteiger partial charge in [0, 0.05) is 24.9 Å². The number of aryl methyl sites for hydroxylation is 1. The number of nitrogens with one attached hydrogen (secondary N) is 1. The second-order valence-corrected chi connectivity index (χ2v) is 9.33. The molecule has 0 bridgehead atoms. The average Bonchev–Trinajstić information content (AvgIpc) is 3.23. The van der Waals surface area contributed by atoms with E-state index in [1.165, 1.54) is 18.4 Å². The minimum atomic E-state index is -0.0136. The van der Waals surface area contributed by atoms with Crippen LogP contribution in [-0.4, -0.2) is 24.7 Å². The Balaban J connectivity index is 1.34. The highest BCUT2D eigenvalue weighted by Gasteiger charge is 2.54. The van der Waals surface area contributed by atoms with Crippen LogP contribution in [0.1, 0.15) is 58.1 Å². The number of rotatable bonds is 6. The van der Waals surface area contributed by atoms with E-state index in [-0.39, 0.29) is 23.4 Å². The quantitative estimate of drug-likeness (QED) is 0.591. The second kappa shape index (κ2) is 7.46. The molecule has 1 saturated heterocycles. The van der Waals surface area contributed by atoms with E-state index in [0.29, 0.717) is 17.9 Å². The first-order chi connectivity index (χ1) is 13.0. The summed E-state index contributed by atoms with van der Waals surface area (Å²) >= 11 is 0. The number of carbonyl (C=O) groups excluding carboxylic acids is 1. The fraction of sp³-hybridized carbons (Fsp3) is 0.696.